The number of nitrogens with zero attached hydrogens (tertiary/aromatic N) is 3. The molecular weight excluding hydrogens is 290 g/mol. The van der Waals surface area contributed by atoms with Crippen LogP contribution in [0.1, 0.15) is 17.0 Å². The van der Waals surface area contributed by atoms with Crippen LogP contribution in [0.25, 0.3) is 0 Å². The quantitative estimate of drug-likeness (QED) is 0.749. The van der Waals surface area contributed by atoms with Crippen LogP contribution in [0.3, 0.4) is 0 Å². The van der Waals surface area contributed by atoms with Crippen molar-refractivity contribution < 1.29 is 4.42 Å². The van der Waals surface area contributed by atoms with E-state index in [0.717, 1.165) is 11.5 Å². The summed E-state index contributed by atoms with van der Waals surface area (Å²) in [5, 5.41) is 15.4. The van der Waals surface area contributed by atoms with Crippen LogP contribution in [0, 0.1) is 18.3 Å². The van der Waals surface area contributed by atoms with E-state index >= 15 is 0 Å². The lowest BCUT2D eigenvalue weighted by Gasteiger charge is -2.10. The largest absolute Gasteiger partial charge is 0.467 e. The summed E-state index contributed by atoms with van der Waals surface area (Å²) in [6.07, 6.45) is 1.63. The third kappa shape index (κ3) is 3.66. The van der Waals surface area contributed by atoms with Gasteiger partial charge < -0.3 is 15.1 Å². The summed E-state index contributed by atoms with van der Waals surface area (Å²) in [6, 6.07) is 15.0. The zero-order valence-electron chi connectivity index (χ0n) is 12.6. The highest BCUT2D eigenvalue weighted by molar-refractivity contribution is 5.63. The molecule has 1 aromatic carbocycles. The zero-order chi connectivity index (χ0) is 16.1. The fourth-order valence-corrected chi connectivity index (χ4v) is 2.12. The van der Waals surface area contributed by atoms with Crippen LogP contribution < -0.4 is 10.6 Å². The molecule has 6 nitrogen and oxygen atoms in total. The Morgan fingerprint density at radius 3 is 2.83 bits per heavy atom. The maximum Gasteiger partial charge on any atom is 0.229 e. The molecule has 0 unspecified atom stereocenters. The number of para-hydroxylation sites is 1. The number of nitriles is 1. The van der Waals surface area contributed by atoms with E-state index in [9.17, 15) is 0 Å². The number of furan rings is 1. The molecule has 0 aliphatic carbocycles. The van der Waals surface area contributed by atoms with Crippen molar-refractivity contribution in [2.45, 2.75) is 13.5 Å². The second-order valence-corrected chi connectivity index (χ2v) is 4.93. The van der Waals surface area contributed by atoms with E-state index in [4.69, 9.17) is 9.68 Å². The molecule has 23 heavy (non-hydrogen) atoms. The summed E-state index contributed by atoms with van der Waals surface area (Å²) in [5.41, 5.74) is 2.04. The lowest BCUT2D eigenvalue weighted by Crippen LogP contribution is -2.05. The Hall–Kier alpha value is -3.33. The normalized spacial score (nSPS) is 10.1. The first-order valence-corrected chi connectivity index (χ1v) is 7.13. The van der Waals surface area contributed by atoms with E-state index in [1.165, 1.54) is 0 Å². The van der Waals surface area contributed by atoms with Gasteiger partial charge in [0.05, 0.1) is 24.1 Å². The molecule has 0 saturated carbocycles. The molecule has 0 amide bonds. The summed E-state index contributed by atoms with van der Waals surface area (Å²) in [4.78, 5) is 8.77. The molecule has 2 aromatic heterocycles. The SMILES string of the molecule is Cc1cc(NCc2ccco2)nc(Nc2ccccc2C#N)n1. The third-order valence-electron chi connectivity index (χ3n) is 3.17. The molecule has 0 spiro atoms. The molecule has 3 rings (SSSR count). The maximum absolute atomic E-state index is 9.14. The molecule has 114 valence electrons. The van der Waals surface area contributed by atoms with Gasteiger partial charge in [-0.1, -0.05) is 12.1 Å². The fourth-order valence-electron chi connectivity index (χ4n) is 2.12. The molecule has 0 bridgehead atoms. The monoisotopic (exact) mass is 305 g/mol. The van der Waals surface area contributed by atoms with Gasteiger partial charge in [0, 0.05) is 11.8 Å². The van der Waals surface area contributed by atoms with Crippen LogP contribution in [-0.4, -0.2) is 9.97 Å². The van der Waals surface area contributed by atoms with Crippen molar-refractivity contribution in [3.05, 3.63) is 65.7 Å². The van der Waals surface area contributed by atoms with Gasteiger partial charge in [-0.25, -0.2) is 4.98 Å². The van der Waals surface area contributed by atoms with E-state index in [2.05, 4.69) is 26.7 Å². The topological polar surface area (TPSA) is 86.8 Å². The van der Waals surface area contributed by atoms with Gasteiger partial charge in [0.15, 0.2) is 0 Å². The molecule has 6 heteroatoms. The number of benzene rings is 1. The van der Waals surface area contributed by atoms with Crippen LogP contribution in [0.4, 0.5) is 17.5 Å². The van der Waals surface area contributed by atoms with E-state index in [-0.39, 0.29) is 0 Å². The summed E-state index contributed by atoms with van der Waals surface area (Å²) >= 11 is 0. The van der Waals surface area contributed by atoms with Crippen molar-refractivity contribution in [2.75, 3.05) is 10.6 Å². The smallest absolute Gasteiger partial charge is 0.229 e. The van der Waals surface area contributed by atoms with Gasteiger partial charge in [0.1, 0.15) is 17.6 Å². The molecule has 2 heterocycles. The third-order valence-corrected chi connectivity index (χ3v) is 3.17. The number of hydrogen-bond acceptors (Lipinski definition) is 6. The second-order valence-electron chi connectivity index (χ2n) is 4.93. The summed E-state index contributed by atoms with van der Waals surface area (Å²) in [5.74, 6) is 1.95. The molecule has 0 saturated heterocycles. The van der Waals surface area contributed by atoms with Crippen molar-refractivity contribution in [3.63, 3.8) is 0 Å². The van der Waals surface area contributed by atoms with Gasteiger partial charge in [0.2, 0.25) is 5.95 Å². The summed E-state index contributed by atoms with van der Waals surface area (Å²) < 4.78 is 5.28. The highest BCUT2D eigenvalue weighted by atomic mass is 16.3. The lowest BCUT2D eigenvalue weighted by molar-refractivity contribution is 0.518. The molecular formula is C17H15N5O. The molecule has 0 atom stereocenters. The van der Waals surface area contributed by atoms with E-state index in [0.29, 0.717) is 29.6 Å². The maximum atomic E-state index is 9.14. The second kappa shape index (κ2) is 6.62. The molecule has 3 aromatic rings. The Labute approximate surface area is 133 Å². The van der Waals surface area contributed by atoms with Crippen LogP contribution in [-0.2, 0) is 6.54 Å². The van der Waals surface area contributed by atoms with Gasteiger partial charge in [-0.2, -0.15) is 10.2 Å². The summed E-state index contributed by atoms with van der Waals surface area (Å²) in [6.45, 7) is 2.43. The highest BCUT2D eigenvalue weighted by Crippen LogP contribution is 2.19. The Bertz CT molecular complexity index is 836. The van der Waals surface area contributed by atoms with Crippen molar-refractivity contribution in [1.82, 2.24) is 9.97 Å². The first kappa shape index (κ1) is 14.6. The van der Waals surface area contributed by atoms with E-state index in [1.54, 1.807) is 12.3 Å². The number of aromatic nitrogens is 2. The fraction of sp³-hybridized carbons (Fsp3) is 0.118. The van der Waals surface area contributed by atoms with Crippen molar-refractivity contribution in [1.29, 1.82) is 5.26 Å². The van der Waals surface area contributed by atoms with Gasteiger partial charge in [-0.05, 0) is 31.2 Å². The molecule has 0 radical (unpaired) electrons. The predicted octanol–water partition coefficient (Wildman–Crippen LogP) is 3.61. The van der Waals surface area contributed by atoms with E-state index in [1.807, 2.05) is 43.3 Å². The first-order chi connectivity index (χ1) is 11.2. The number of aryl methyl sites for hydroxylation is 1. The number of rotatable bonds is 5. The van der Waals surface area contributed by atoms with Crippen molar-refractivity contribution >= 4 is 17.5 Å². The number of hydrogen-bond donors (Lipinski definition) is 2. The number of anilines is 3. The Morgan fingerprint density at radius 1 is 1.17 bits per heavy atom. The Morgan fingerprint density at radius 2 is 2.04 bits per heavy atom. The van der Waals surface area contributed by atoms with Crippen LogP contribution in [0.15, 0.2) is 53.1 Å². The summed E-state index contributed by atoms with van der Waals surface area (Å²) in [7, 11) is 0. The minimum Gasteiger partial charge on any atom is -0.467 e. The predicted molar refractivity (Wildman–Crippen MR) is 87.2 cm³/mol. The van der Waals surface area contributed by atoms with Crippen molar-refractivity contribution in [2.24, 2.45) is 0 Å². The van der Waals surface area contributed by atoms with Gasteiger partial charge in [-0.3, -0.25) is 0 Å². The van der Waals surface area contributed by atoms with Gasteiger partial charge in [-0.15, -0.1) is 0 Å². The molecule has 2 N–H and O–H groups in total. The first-order valence-electron chi connectivity index (χ1n) is 7.13. The Balaban J connectivity index is 1.79. The van der Waals surface area contributed by atoms with Crippen LogP contribution in [0.5, 0.6) is 0 Å². The molecule has 0 aliphatic rings. The van der Waals surface area contributed by atoms with E-state index < -0.39 is 0 Å². The minimum atomic E-state index is 0.439. The minimum absolute atomic E-state index is 0.439. The molecule has 0 aliphatic heterocycles. The van der Waals surface area contributed by atoms with Crippen molar-refractivity contribution in [3.8, 4) is 6.07 Å². The van der Waals surface area contributed by atoms with Gasteiger partial charge in [0.25, 0.3) is 0 Å². The highest BCUT2D eigenvalue weighted by Gasteiger charge is 2.06. The molecule has 0 fully saturated rings. The number of nitrogens with one attached hydrogen (secondary N) is 2. The van der Waals surface area contributed by atoms with Crippen LogP contribution >= 0.6 is 0 Å². The average molecular weight is 305 g/mol. The van der Waals surface area contributed by atoms with Gasteiger partial charge >= 0.3 is 0 Å². The Kier molecular flexibility index (Phi) is 4.20. The zero-order valence-corrected chi connectivity index (χ0v) is 12.6. The average Bonchev–Trinajstić information content (AvgIpc) is 3.06. The lowest BCUT2D eigenvalue weighted by atomic mass is 10.2. The standard InChI is InChI=1S/C17H15N5O/c1-12-9-16(19-11-14-6-4-8-23-14)22-17(20-12)21-15-7-3-2-5-13(15)10-18/h2-9H,11H2,1H3,(H2,19,20,21,22). The van der Waals surface area contributed by atoms with Crippen LogP contribution in [0.2, 0.25) is 0 Å².